The van der Waals surface area contributed by atoms with Gasteiger partial charge in [-0.2, -0.15) is 0 Å². The molecule has 0 spiro atoms. The van der Waals surface area contributed by atoms with E-state index < -0.39 is 0 Å². The molecule has 8 aromatic carbocycles. The third kappa shape index (κ3) is 6.01. The minimum Gasteiger partial charge on any atom is -0.310 e. The molecule has 0 fully saturated rings. The molecule has 0 saturated carbocycles. The molecule has 0 aliphatic heterocycles. The van der Waals surface area contributed by atoms with Crippen molar-refractivity contribution in [3.8, 4) is 56.4 Å². The van der Waals surface area contributed by atoms with Gasteiger partial charge in [0.15, 0.2) is 17.5 Å². The first kappa shape index (κ1) is 35.0. The maximum atomic E-state index is 5.04. The summed E-state index contributed by atoms with van der Waals surface area (Å²) in [7, 11) is 0. The molecule has 2 aromatic heterocycles. The number of rotatable bonds is 7. The molecule has 0 unspecified atom stereocenters. The molecule has 0 bridgehead atoms. The Bertz CT molecular complexity index is 3150. The molecule has 59 heavy (non-hydrogen) atoms. The van der Waals surface area contributed by atoms with Gasteiger partial charge in [-0.3, -0.25) is 0 Å². The Labute approximate surface area is 347 Å². The quantitative estimate of drug-likeness (QED) is 0.162. The Balaban J connectivity index is 1.07. The summed E-state index contributed by atoms with van der Waals surface area (Å²) in [5.41, 5.74) is 13.5. The fourth-order valence-corrected chi connectivity index (χ4v) is 9.97. The highest BCUT2D eigenvalue weighted by molar-refractivity contribution is 7.25. The van der Waals surface area contributed by atoms with Crippen LogP contribution in [0.25, 0.3) is 76.6 Å². The Hall–Kier alpha value is -7.21. The van der Waals surface area contributed by atoms with Gasteiger partial charge in [-0.05, 0) is 81.9 Å². The van der Waals surface area contributed by atoms with Crippen molar-refractivity contribution in [1.29, 1.82) is 0 Å². The maximum absolute atomic E-state index is 5.04. The van der Waals surface area contributed by atoms with Crippen LogP contribution in [0.15, 0.2) is 194 Å². The summed E-state index contributed by atoms with van der Waals surface area (Å²) in [6.45, 7) is 4.73. The third-order valence-corrected chi connectivity index (χ3v) is 12.8. The van der Waals surface area contributed by atoms with Gasteiger partial charge in [-0.1, -0.05) is 159 Å². The van der Waals surface area contributed by atoms with Crippen molar-refractivity contribution in [1.82, 2.24) is 15.0 Å². The molecule has 0 radical (unpaired) electrons. The minimum absolute atomic E-state index is 0.201. The molecule has 5 heteroatoms. The molecule has 1 aliphatic carbocycles. The van der Waals surface area contributed by atoms with Crippen LogP contribution < -0.4 is 4.90 Å². The van der Waals surface area contributed by atoms with Crippen molar-refractivity contribution < 1.29 is 0 Å². The van der Waals surface area contributed by atoms with Gasteiger partial charge in [0.05, 0.1) is 5.69 Å². The SMILES string of the molecule is CC1(C)c2ccccc2-c2cccc(N(c3cccc(-c4cccc(-c5nc(-c6ccccc6)nc(-c6ccccc6)n5)c4)c3)c3ccc4sc5ccccc5c4c3)c21. The van der Waals surface area contributed by atoms with Crippen LogP contribution >= 0.6 is 11.3 Å². The van der Waals surface area contributed by atoms with Gasteiger partial charge in [0.1, 0.15) is 0 Å². The second-order valence-corrected chi connectivity index (χ2v) is 16.7. The predicted molar refractivity (Wildman–Crippen MR) is 247 cm³/mol. The number of thiophene rings is 1. The van der Waals surface area contributed by atoms with Gasteiger partial charge in [0.25, 0.3) is 0 Å². The van der Waals surface area contributed by atoms with E-state index in [0.717, 1.165) is 39.2 Å². The molecule has 2 heterocycles. The summed E-state index contributed by atoms with van der Waals surface area (Å²) in [4.78, 5) is 17.5. The smallest absolute Gasteiger partial charge is 0.164 e. The lowest BCUT2D eigenvalue weighted by Gasteiger charge is -2.32. The summed E-state index contributed by atoms with van der Waals surface area (Å²) < 4.78 is 2.59. The molecule has 4 nitrogen and oxygen atoms in total. The van der Waals surface area contributed by atoms with Crippen molar-refractivity contribution in [2.24, 2.45) is 0 Å². The van der Waals surface area contributed by atoms with Crippen LogP contribution in [0, 0.1) is 0 Å². The highest BCUT2D eigenvalue weighted by Crippen LogP contribution is 2.54. The van der Waals surface area contributed by atoms with Crippen molar-refractivity contribution in [2.75, 3.05) is 4.90 Å². The molecule has 0 saturated heterocycles. The molecule has 10 aromatic rings. The average Bonchev–Trinajstić information content (AvgIpc) is 3.79. The van der Waals surface area contributed by atoms with Gasteiger partial charge in [-0.15, -0.1) is 11.3 Å². The summed E-state index contributed by atoms with van der Waals surface area (Å²) in [5, 5.41) is 2.56. The molecule has 11 rings (SSSR count). The van der Waals surface area contributed by atoms with Crippen molar-refractivity contribution in [2.45, 2.75) is 19.3 Å². The molecule has 1 aliphatic rings. The van der Waals surface area contributed by atoms with E-state index in [4.69, 9.17) is 15.0 Å². The molecular weight excluding hydrogens is 737 g/mol. The number of nitrogens with zero attached hydrogens (tertiary/aromatic N) is 4. The topological polar surface area (TPSA) is 41.9 Å². The van der Waals surface area contributed by atoms with Crippen LogP contribution in [0.1, 0.15) is 25.0 Å². The number of fused-ring (bicyclic) bond motifs is 6. The Morgan fingerprint density at radius 2 is 0.949 bits per heavy atom. The monoisotopic (exact) mass is 774 g/mol. The van der Waals surface area contributed by atoms with Crippen LogP contribution in [0.2, 0.25) is 0 Å². The Morgan fingerprint density at radius 1 is 0.407 bits per heavy atom. The zero-order valence-electron chi connectivity index (χ0n) is 32.7. The number of hydrogen-bond donors (Lipinski definition) is 0. The second-order valence-electron chi connectivity index (χ2n) is 15.7. The second kappa shape index (κ2) is 14.0. The zero-order chi connectivity index (χ0) is 39.5. The fraction of sp³-hybridized carbons (Fsp3) is 0.0556. The zero-order valence-corrected chi connectivity index (χ0v) is 33.5. The van der Waals surface area contributed by atoms with Gasteiger partial charge in [0, 0.05) is 53.7 Å². The van der Waals surface area contributed by atoms with Gasteiger partial charge < -0.3 is 4.90 Å². The number of benzene rings is 8. The Kier molecular flexibility index (Phi) is 8.31. The largest absolute Gasteiger partial charge is 0.310 e. The van der Waals surface area contributed by atoms with E-state index in [9.17, 15) is 0 Å². The van der Waals surface area contributed by atoms with Gasteiger partial charge >= 0.3 is 0 Å². The lowest BCUT2D eigenvalue weighted by Crippen LogP contribution is -2.20. The van der Waals surface area contributed by atoms with E-state index in [-0.39, 0.29) is 5.41 Å². The number of hydrogen-bond acceptors (Lipinski definition) is 5. The highest BCUT2D eigenvalue weighted by Gasteiger charge is 2.38. The van der Waals surface area contributed by atoms with Crippen LogP contribution in [0.5, 0.6) is 0 Å². The first-order valence-electron chi connectivity index (χ1n) is 20.0. The van der Waals surface area contributed by atoms with Crippen molar-refractivity contribution in [3.05, 3.63) is 205 Å². The normalized spacial score (nSPS) is 12.7. The molecule has 280 valence electrons. The van der Waals surface area contributed by atoms with Crippen LogP contribution in [0.4, 0.5) is 17.1 Å². The first-order valence-corrected chi connectivity index (χ1v) is 20.8. The molecule has 0 N–H and O–H groups in total. The van der Waals surface area contributed by atoms with E-state index in [0.29, 0.717) is 17.5 Å². The first-order chi connectivity index (χ1) is 29.0. The van der Waals surface area contributed by atoms with E-state index in [1.165, 1.54) is 48.1 Å². The van der Waals surface area contributed by atoms with E-state index in [2.05, 4.69) is 152 Å². The minimum atomic E-state index is -0.201. The Morgan fingerprint density at radius 3 is 1.71 bits per heavy atom. The molecule has 0 amide bonds. The summed E-state index contributed by atoms with van der Waals surface area (Å²) in [6, 6.07) is 69.1. The molecular formula is C54H38N4S. The predicted octanol–water partition coefficient (Wildman–Crippen LogP) is 14.7. The van der Waals surface area contributed by atoms with E-state index in [1.54, 1.807) is 0 Å². The maximum Gasteiger partial charge on any atom is 0.164 e. The number of anilines is 3. The van der Waals surface area contributed by atoms with Crippen LogP contribution in [-0.2, 0) is 5.41 Å². The van der Waals surface area contributed by atoms with Gasteiger partial charge in [0.2, 0.25) is 0 Å². The summed E-state index contributed by atoms with van der Waals surface area (Å²) in [6.07, 6.45) is 0. The number of aromatic nitrogens is 3. The lowest BCUT2D eigenvalue weighted by molar-refractivity contribution is 0.661. The average molecular weight is 775 g/mol. The third-order valence-electron chi connectivity index (χ3n) is 11.7. The van der Waals surface area contributed by atoms with E-state index >= 15 is 0 Å². The fourth-order valence-electron chi connectivity index (χ4n) is 8.89. The van der Waals surface area contributed by atoms with Crippen LogP contribution in [0.3, 0.4) is 0 Å². The van der Waals surface area contributed by atoms with Crippen molar-refractivity contribution >= 4 is 48.6 Å². The molecule has 0 atom stereocenters. The highest BCUT2D eigenvalue weighted by atomic mass is 32.1. The van der Waals surface area contributed by atoms with Crippen LogP contribution in [-0.4, -0.2) is 15.0 Å². The standard InChI is InChI=1S/C54H38N4S/c1-54(2)46-27-11-9-24-42(46)44-26-15-28-47(50(44)54)58(41-30-31-49-45(34-41)43-25-10-12-29-48(43)59-49)40-23-14-21-38(33-40)37-20-13-22-39(32-37)53-56-51(35-16-5-3-6-17-35)55-52(57-53)36-18-7-4-8-19-36/h3-34H,1-2H3. The van der Waals surface area contributed by atoms with Crippen molar-refractivity contribution in [3.63, 3.8) is 0 Å². The summed E-state index contributed by atoms with van der Waals surface area (Å²) >= 11 is 1.85. The van der Waals surface area contributed by atoms with E-state index in [1.807, 2.05) is 72.0 Å². The summed E-state index contributed by atoms with van der Waals surface area (Å²) in [5.74, 6) is 1.93. The lowest BCUT2D eigenvalue weighted by atomic mass is 9.81. The van der Waals surface area contributed by atoms with Gasteiger partial charge in [-0.25, -0.2) is 15.0 Å².